The molecule has 4 aromatic rings. The van der Waals surface area contributed by atoms with Crippen LogP contribution in [0.25, 0.3) is 22.6 Å². The third-order valence-electron chi connectivity index (χ3n) is 6.92. The van der Waals surface area contributed by atoms with E-state index >= 15 is 0 Å². The number of carbonyl (C=O) groups is 1. The lowest BCUT2D eigenvalue weighted by atomic mass is 10.1. The first-order valence-corrected chi connectivity index (χ1v) is 12.9. The Hall–Kier alpha value is -3.56. The monoisotopic (exact) mass is 517 g/mol. The molecule has 3 aromatic heterocycles. The van der Waals surface area contributed by atoms with Crippen molar-refractivity contribution in [1.29, 1.82) is 0 Å². The third-order valence-corrected chi connectivity index (χ3v) is 7.23. The topological polar surface area (TPSA) is 98.1 Å². The fourth-order valence-electron chi connectivity index (χ4n) is 4.60. The number of nitrogens with zero attached hydrogens (tertiary/aromatic N) is 6. The molecular formula is C27H28ClN7O2. The summed E-state index contributed by atoms with van der Waals surface area (Å²) >= 11 is 6.87. The number of carbonyl (C=O) groups excluding carboxylic acids is 1. The average molecular weight is 518 g/mol. The van der Waals surface area contributed by atoms with E-state index in [4.69, 9.17) is 21.3 Å². The second kappa shape index (κ2) is 9.39. The van der Waals surface area contributed by atoms with Crippen LogP contribution in [-0.2, 0) is 11.3 Å². The number of aryl methyl sites for hydroxylation is 1. The summed E-state index contributed by atoms with van der Waals surface area (Å²) in [6, 6.07) is 9.69. The van der Waals surface area contributed by atoms with Gasteiger partial charge in [-0.1, -0.05) is 11.6 Å². The number of halogens is 1. The van der Waals surface area contributed by atoms with Crippen LogP contribution in [0.1, 0.15) is 37.4 Å². The maximum Gasteiger partial charge on any atom is 0.245 e. The number of nitrogens with one attached hydrogen (secondary N) is 1. The Morgan fingerprint density at radius 2 is 2.00 bits per heavy atom. The van der Waals surface area contributed by atoms with E-state index < -0.39 is 0 Å². The van der Waals surface area contributed by atoms with E-state index in [1.807, 2.05) is 41.8 Å². The first-order chi connectivity index (χ1) is 17.9. The molecule has 9 nitrogen and oxygen atoms in total. The van der Waals surface area contributed by atoms with Gasteiger partial charge in [-0.2, -0.15) is 4.98 Å². The number of fused-ring (bicyclic) bond motifs is 1. The van der Waals surface area contributed by atoms with Crippen LogP contribution < -0.4 is 15.0 Å². The van der Waals surface area contributed by atoms with E-state index in [0.717, 1.165) is 41.9 Å². The third kappa shape index (κ3) is 4.76. The highest BCUT2D eigenvalue weighted by atomic mass is 35.5. The molecule has 0 radical (unpaired) electrons. The largest absolute Gasteiger partial charge is 0.470 e. The molecule has 1 saturated heterocycles. The van der Waals surface area contributed by atoms with Crippen molar-refractivity contribution in [2.45, 2.75) is 45.3 Å². The highest BCUT2D eigenvalue weighted by Crippen LogP contribution is 2.41. The van der Waals surface area contributed by atoms with Crippen LogP contribution in [0, 0.1) is 6.92 Å². The number of rotatable bonds is 6. The van der Waals surface area contributed by atoms with Crippen LogP contribution in [0.3, 0.4) is 0 Å². The summed E-state index contributed by atoms with van der Waals surface area (Å²) in [4.78, 5) is 32.9. The summed E-state index contributed by atoms with van der Waals surface area (Å²) in [6.45, 7) is 6.59. The van der Waals surface area contributed by atoms with Crippen molar-refractivity contribution in [3.05, 3.63) is 59.1 Å². The zero-order valence-electron chi connectivity index (χ0n) is 20.9. The normalized spacial score (nSPS) is 17.2. The molecule has 0 unspecified atom stereocenters. The number of imidazole rings is 1. The summed E-state index contributed by atoms with van der Waals surface area (Å²) in [5, 5.41) is 3.77. The van der Waals surface area contributed by atoms with Gasteiger partial charge in [0.05, 0.1) is 17.3 Å². The minimum atomic E-state index is -0.211. The minimum absolute atomic E-state index is 0.0808. The standard InChI is InChI=1S/C27H28ClN7O2/c1-17-5-10-30-18(13-17)15-35-24(33-23-25(35)31-16-32-26(23)37-27(2)7-8-27)20-4-3-19(14-21(20)28)34-12-11-29-9-6-22(34)36/h3-5,10,13-14,16,29H,6-9,11-12,15H2,1-2H3. The van der Waals surface area contributed by atoms with Crippen LogP contribution in [0.5, 0.6) is 5.88 Å². The molecule has 2 aliphatic rings. The van der Waals surface area contributed by atoms with Gasteiger partial charge >= 0.3 is 0 Å². The first-order valence-electron chi connectivity index (χ1n) is 12.5. The molecule has 1 amide bonds. The second-order valence-electron chi connectivity index (χ2n) is 9.96. The maximum atomic E-state index is 12.6. The van der Waals surface area contributed by atoms with Gasteiger partial charge in [0.15, 0.2) is 11.2 Å². The van der Waals surface area contributed by atoms with Crippen molar-refractivity contribution in [2.24, 2.45) is 0 Å². The lowest BCUT2D eigenvalue weighted by Crippen LogP contribution is -2.32. The van der Waals surface area contributed by atoms with Crippen molar-refractivity contribution in [2.75, 3.05) is 24.5 Å². The van der Waals surface area contributed by atoms with Gasteiger partial charge in [-0.3, -0.25) is 9.78 Å². The van der Waals surface area contributed by atoms with Gasteiger partial charge in [-0.05, 0) is 62.6 Å². The van der Waals surface area contributed by atoms with Crippen molar-refractivity contribution >= 4 is 34.4 Å². The molecule has 37 heavy (non-hydrogen) atoms. The van der Waals surface area contributed by atoms with Gasteiger partial charge in [0.2, 0.25) is 11.8 Å². The van der Waals surface area contributed by atoms with Gasteiger partial charge in [0.25, 0.3) is 0 Å². The van der Waals surface area contributed by atoms with Crippen LogP contribution >= 0.6 is 11.6 Å². The summed E-state index contributed by atoms with van der Waals surface area (Å²) in [6.07, 6.45) is 5.74. The molecule has 1 aromatic carbocycles. The van der Waals surface area contributed by atoms with E-state index in [1.54, 1.807) is 11.1 Å². The van der Waals surface area contributed by atoms with E-state index in [1.165, 1.54) is 6.33 Å². The van der Waals surface area contributed by atoms with Gasteiger partial charge < -0.3 is 19.5 Å². The number of anilines is 1. The summed E-state index contributed by atoms with van der Waals surface area (Å²) < 4.78 is 8.23. The van der Waals surface area contributed by atoms with Gasteiger partial charge in [-0.15, -0.1) is 0 Å². The number of pyridine rings is 1. The Morgan fingerprint density at radius 1 is 1.14 bits per heavy atom. The number of benzene rings is 1. The van der Waals surface area contributed by atoms with E-state index in [2.05, 4.69) is 27.2 Å². The average Bonchev–Trinajstić information content (AvgIpc) is 3.55. The van der Waals surface area contributed by atoms with Gasteiger partial charge in [-0.25, -0.2) is 9.97 Å². The second-order valence-corrected chi connectivity index (χ2v) is 10.4. The van der Waals surface area contributed by atoms with E-state index in [0.29, 0.717) is 53.9 Å². The van der Waals surface area contributed by atoms with Crippen molar-refractivity contribution in [3.63, 3.8) is 0 Å². The molecule has 1 aliphatic heterocycles. The van der Waals surface area contributed by atoms with Crippen LogP contribution in [-0.4, -0.2) is 55.6 Å². The molecule has 6 rings (SSSR count). The minimum Gasteiger partial charge on any atom is -0.470 e. The molecular weight excluding hydrogens is 490 g/mol. The van der Waals surface area contributed by atoms with Crippen molar-refractivity contribution in [3.8, 4) is 17.3 Å². The number of hydrogen-bond donors (Lipinski definition) is 1. The zero-order valence-corrected chi connectivity index (χ0v) is 21.6. The van der Waals surface area contributed by atoms with Crippen molar-refractivity contribution in [1.82, 2.24) is 29.8 Å². The maximum absolute atomic E-state index is 12.6. The predicted octanol–water partition coefficient (Wildman–Crippen LogP) is 4.16. The zero-order chi connectivity index (χ0) is 25.6. The van der Waals surface area contributed by atoms with Crippen LogP contribution in [0.2, 0.25) is 5.02 Å². The number of ether oxygens (including phenoxy) is 1. The fourth-order valence-corrected chi connectivity index (χ4v) is 4.86. The summed E-state index contributed by atoms with van der Waals surface area (Å²) in [5.41, 5.74) is 4.54. The molecule has 1 N–H and O–H groups in total. The van der Waals surface area contributed by atoms with Crippen molar-refractivity contribution < 1.29 is 9.53 Å². The molecule has 0 spiro atoms. The SMILES string of the molecule is Cc1ccnc(Cn2c(-c3ccc(N4CCNCCC4=O)cc3Cl)nc3c(OC4(C)CC4)ncnc32)c1. The van der Waals surface area contributed by atoms with Gasteiger partial charge in [0.1, 0.15) is 17.8 Å². The lowest BCUT2D eigenvalue weighted by Gasteiger charge is -2.21. The quantitative estimate of drug-likeness (QED) is 0.410. The first kappa shape index (κ1) is 23.8. The molecule has 1 aliphatic carbocycles. The fraction of sp³-hybridized carbons (Fsp3) is 0.370. The van der Waals surface area contributed by atoms with Crippen LogP contribution in [0.15, 0.2) is 42.9 Å². The highest BCUT2D eigenvalue weighted by molar-refractivity contribution is 6.33. The van der Waals surface area contributed by atoms with Crippen LogP contribution in [0.4, 0.5) is 5.69 Å². The summed E-state index contributed by atoms with van der Waals surface area (Å²) in [5.74, 6) is 1.19. The Bertz CT molecular complexity index is 1500. The van der Waals surface area contributed by atoms with E-state index in [-0.39, 0.29) is 11.5 Å². The Morgan fingerprint density at radius 3 is 2.78 bits per heavy atom. The highest BCUT2D eigenvalue weighted by Gasteiger charge is 2.41. The Balaban J connectivity index is 1.46. The van der Waals surface area contributed by atoms with E-state index in [9.17, 15) is 4.79 Å². The number of amides is 1. The molecule has 1 saturated carbocycles. The molecule has 0 bridgehead atoms. The molecule has 190 valence electrons. The molecule has 0 atom stereocenters. The number of hydrogen-bond acceptors (Lipinski definition) is 7. The van der Waals surface area contributed by atoms with Gasteiger partial charge in [0, 0.05) is 43.5 Å². The molecule has 10 heteroatoms. The Kier molecular flexibility index (Phi) is 6.04. The molecule has 4 heterocycles. The molecule has 2 fully saturated rings. The number of aromatic nitrogens is 5. The smallest absolute Gasteiger partial charge is 0.245 e. The summed E-state index contributed by atoms with van der Waals surface area (Å²) in [7, 11) is 0. The Labute approximate surface area is 219 Å². The lowest BCUT2D eigenvalue weighted by molar-refractivity contribution is -0.118. The predicted molar refractivity (Wildman–Crippen MR) is 142 cm³/mol.